The van der Waals surface area contributed by atoms with E-state index in [4.69, 9.17) is 15.7 Å². The first-order valence-electron chi connectivity index (χ1n) is 10.3. The minimum atomic E-state index is -4.66. The highest BCUT2D eigenvalue weighted by molar-refractivity contribution is 6.42. The van der Waals surface area contributed by atoms with Gasteiger partial charge >= 0.3 is 6.18 Å². The van der Waals surface area contributed by atoms with E-state index in [1.54, 1.807) is 0 Å². The normalized spacial score (nSPS) is 15.1. The second kappa shape index (κ2) is 7.66. The Hall–Kier alpha value is -3.69. The molecular formula is C23H13B2F5N4O. The third-order valence-corrected chi connectivity index (χ3v) is 5.97. The molecule has 4 radical (unpaired) electrons. The van der Waals surface area contributed by atoms with Crippen LogP contribution in [-0.4, -0.2) is 41.3 Å². The minimum absolute atomic E-state index is 0.0000593. The molecule has 3 heterocycles. The molecule has 5 nitrogen and oxygen atoms in total. The fourth-order valence-electron chi connectivity index (χ4n) is 4.31. The topological polar surface area (TPSA) is 51.0 Å². The second-order valence-corrected chi connectivity index (χ2v) is 8.26. The summed E-state index contributed by atoms with van der Waals surface area (Å²) < 4.78 is 71.7. The fourth-order valence-corrected chi connectivity index (χ4v) is 4.31. The van der Waals surface area contributed by atoms with E-state index in [1.807, 2.05) is 0 Å². The fraction of sp³-hybridized carbons (Fsp3) is 0.174. The number of alkyl halides is 3. The predicted octanol–water partition coefficient (Wildman–Crippen LogP) is 4.04. The summed E-state index contributed by atoms with van der Waals surface area (Å²) in [5, 5.41) is 2.06. The zero-order chi connectivity index (χ0) is 25.3. The van der Waals surface area contributed by atoms with Crippen molar-refractivity contribution < 1.29 is 26.7 Å². The number of aromatic nitrogens is 3. The standard InChI is InChI=1S/C23H13B2F5N4O/c1-33-9-14-12(4-5-16(19(14)32-33)23(28,29)30)11-7-17(26)15(18(27)8-11)10-34-21(35)13-3-2-6-31-20(13)22(34,24)25/h2-9H,10H2,1H3. The van der Waals surface area contributed by atoms with Crippen LogP contribution in [0.4, 0.5) is 22.0 Å². The van der Waals surface area contributed by atoms with Gasteiger partial charge in [0, 0.05) is 35.7 Å². The van der Waals surface area contributed by atoms with Crippen LogP contribution in [0.15, 0.2) is 48.8 Å². The van der Waals surface area contributed by atoms with Crippen molar-refractivity contribution in [3.8, 4) is 11.1 Å². The van der Waals surface area contributed by atoms with E-state index < -0.39 is 46.7 Å². The summed E-state index contributed by atoms with van der Waals surface area (Å²) in [4.78, 5) is 17.7. The van der Waals surface area contributed by atoms with Gasteiger partial charge in [-0.1, -0.05) is 6.07 Å². The maximum absolute atomic E-state index is 15.2. The van der Waals surface area contributed by atoms with Crippen molar-refractivity contribution in [1.29, 1.82) is 0 Å². The van der Waals surface area contributed by atoms with Gasteiger partial charge in [-0.05, 0) is 41.5 Å². The van der Waals surface area contributed by atoms with Gasteiger partial charge in [-0.15, -0.1) is 0 Å². The summed E-state index contributed by atoms with van der Waals surface area (Å²) in [5.74, 6) is -2.69. The number of hydrogen-bond acceptors (Lipinski definition) is 3. The number of carbonyl (C=O) groups excluding carboxylic acids is 1. The lowest BCUT2D eigenvalue weighted by Crippen LogP contribution is -2.45. The Morgan fingerprint density at radius 2 is 1.74 bits per heavy atom. The van der Waals surface area contributed by atoms with Crippen LogP contribution in [0, 0.1) is 11.6 Å². The molecule has 172 valence electrons. The highest BCUT2D eigenvalue weighted by atomic mass is 19.4. The smallest absolute Gasteiger partial charge is 0.340 e. The van der Waals surface area contributed by atoms with Crippen molar-refractivity contribution in [3.63, 3.8) is 0 Å². The minimum Gasteiger partial charge on any atom is -0.340 e. The van der Waals surface area contributed by atoms with Crippen molar-refractivity contribution >= 4 is 32.5 Å². The van der Waals surface area contributed by atoms with Crippen molar-refractivity contribution in [3.05, 3.63) is 82.8 Å². The first-order chi connectivity index (χ1) is 16.4. The maximum atomic E-state index is 15.2. The molecule has 4 aromatic rings. The predicted molar refractivity (Wildman–Crippen MR) is 118 cm³/mol. The lowest BCUT2D eigenvalue weighted by molar-refractivity contribution is -0.136. The van der Waals surface area contributed by atoms with Crippen molar-refractivity contribution in [1.82, 2.24) is 19.7 Å². The van der Waals surface area contributed by atoms with Crippen LogP contribution in [0.25, 0.3) is 22.0 Å². The van der Waals surface area contributed by atoms with Gasteiger partial charge in [0.2, 0.25) is 0 Å². The monoisotopic (exact) mass is 478 g/mol. The molecule has 2 aromatic carbocycles. The van der Waals surface area contributed by atoms with Crippen LogP contribution < -0.4 is 0 Å². The Labute approximate surface area is 198 Å². The summed E-state index contributed by atoms with van der Waals surface area (Å²) in [6.45, 7) is -0.588. The van der Waals surface area contributed by atoms with E-state index in [-0.39, 0.29) is 33.3 Å². The average molecular weight is 478 g/mol. The van der Waals surface area contributed by atoms with Crippen LogP contribution in [-0.2, 0) is 25.1 Å². The Balaban J connectivity index is 1.56. The summed E-state index contributed by atoms with van der Waals surface area (Å²) in [6.07, 6.45) is -1.92. The van der Waals surface area contributed by atoms with Gasteiger partial charge in [-0.25, -0.2) is 8.78 Å². The third-order valence-electron chi connectivity index (χ3n) is 5.97. The number of pyridine rings is 1. The van der Waals surface area contributed by atoms with Gasteiger partial charge in [0.15, 0.2) is 0 Å². The number of aryl methyl sites for hydroxylation is 1. The van der Waals surface area contributed by atoms with Crippen molar-refractivity contribution in [2.24, 2.45) is 7.05 Å². The van der Waals surface area contributed by atoms with Crippen LogP contribution in [0.3, 0.4) is 0 Å². The molecule has 1 aliphatic heterocycles. The molecule has 0 unspecified atom stereocenters. The van der Waals surface area contributed by atoms with E-state index in [1.165, 1.54) is 36.3 Å². The molecule has 0 spiro atoms. The number of amides is 1. The molecule has 35 heavy (non-hydrogen) atoms. The molecule has 0 fully saturated rings. The molecule has 2 aromatic heterocycles. The highest BCUT2D eigenvalue weighted by Gasteiger charge is 2.43. The molecule has 1 amide bonds. The largest absolute Gasteiger partial charge is 0.418 e. The molecule has 5 rings (SSSR count). The van der Waals surface area contributed by atoms with Gasteiger partial charge in [0.25, 0.3) is 5.91 Å². The SMILES string of the molecule is [B]C1([B])c2ncccc2C(=O)N1Cc1c(F)cc(-c2ccc(C(F)(F)F)c3nn(C)cc23)cc1F. The Kier molecular flexibility index (Phi) is 5.05. The van der Waals surface area contributed by atoms with Crippen molar-refractivity contribution in [2.45, 2.75) is 18.1 Å². The average Bonchev–Trinajstić information content (AvgIpc) is 3.25. The lowest BCUT2D eigenvalue weighted by atomic mass is 9.59. The summed E-state index contributed by atoms with van der Waals surface area (Å²) >= 11 is 0. The Morgan fingerprint density at radius 1 is 1.06 bits per heavy atom. The van der Waals surface area contributed by atoms with Gasteiger partial charge < -0.3 is 4.90 Å². The van der Waals surface area contributed by atoms with Gasteiger partial charge in [-0.2, -0.15) is 18.3 Å². The number of nitrogens with zero attached hydrogens (tertiary/aromatic N) is 4. The van der Waals surface area contributed by atoms with E-state index in [9.17, 15) is 18.0 Å². The molecular weight excluding hydrogens is 465 g/mol. The zero-order valence-electron chi connectivity index (χ0n) is 18.1. The van der Waals surface area contributed by atoms with E-state index in [0.29, 0.717) is 0 Å². The molecule has 1 aliphatic rings. The van der Waals surface area contributed by atoms with E-state index >= 15 is 8.78 Å². The van der Waals surface area contributed by atoms with Gasteiger partial charge in [-0.3, -0.25) is 14.5 Å². The Morgan fingerprint density at radius 3 is 2.37 bits per heavy atom. The maximum Gasteiger partial charge on any atom is 0.418 e. The molecule has 0 saturated carbocycles. The van der Waals surface area contributed by atoms with Crippen LogP contribution in [0.2, 0.25) is 0 Å². The number of benzene rings is 2. The van der Waals surface area contributed by atoms with Crippen LogP contribution in [0.1, 0.15) is 27.2 Å². The summed E-state index contributed by atoms with van der Waals surface area (Å²) in [7, 11) is 13.6. The molecule has 12 heteroatoms. The first-order valence-corrected chi connectivity index (χ1v) is 10.3. The van der Waals surface area contributed by atoms with E-state index in [2.05, 4.69) is 10.1 Å². The number of rotatable bonds is 3. The number of halogens is 5. The zero-order valence-corrected chi connectivity index (χ0v) is 18.1. The molecule has 0 bridgehead atoms. The van der Waals surface area contributed by atoms with E-state index in [0.717, 1.165) is 29.2 Å². The molecule has 0 saturated heterocycles. The van der Waals surface area contributed by atoms with Crippen molar-refractivity contribution in [2.75, 3.05) is 0 Å². The van der Waals surface area contributed by atoms with Gasteiger partial charge in [0.05, 0.1) is 39.1 Å². The quantitative estimate of drug-likeness (QED) is 0.330. The third kappa shape index (κ3) is 3.59. The number of fused-ring (bicyclic) bond motifs is 2. The summed E-state index contributed by atoms with van der Waals surface area (Å²) in [6, 6.07) is 6.88. The molecule has 0 N–H and O–H groups in total. The second-order valence-electron chi connectivity index (χ2n) is 8.26. The molecule has 0 aliphatic carbocycles. The van der Waals surface area contributed by atoms with Crippen LogP contribution >= 0.6 is 0 Å². The lowest BCUT2D eigenvalue weighted by Gasteiger charge is -2.33. The summed E-state index contributed by atoms with van der Waals surface area (Å²) in [5.41, 5.74) is -1.43. The Bertz CT molecular complexity index is 1490. The van der Waals surface area contributed by atoms with Crippen LogP contribution in [0.5, 0.6) is 0 Å². The highest BCUT2D eigenvalue weighted by Crippen LogP contribution is 2.39. The molecule has 0 atom stereocenters. The number of hydrogen-bond donors (Lipinski definition) is 0. The number of carbonyl (C=O) groups is 1. The van der Waals surface area contributed by atoms with Gasteiger partial charge in [0.1, 0.15) is 17.2 Å². The first kappa shape index (κ1) is 23.1.